The van der Waals surface area contributed by atoms with Crippen LogP contribution in [0.4, 0.5) is 0 Å². The molecule has 0 saturated carbocycles. The highest BCUT2D eigenvalue weighted by Gasteiger charge is 2.32. The van der Waals surface area contributed by atoms with Gasteiger partial charge in [0.25, 0.3) is 0 Å². The minimum Gasteiger partial charge on any atom is -0.508 e. The molecular formula is C16H20Cl2N2O2. The molecule has 0 aromatic heterocycles. The van der Waals surface area contributed by atoms with Crippen LogP contribution >= 0.6 is 23.2 Å². The fourth-order valence-electron chi connectivity index (χ4n) is 3.41. The number of aromatic hydroxyl groups is 1. The number of carbonyl (C=O) groups is 1. The predicted molar refractivity (Wildman–Crippen MR) is 87.4 cm³/mol. The van der Waals surface area contributed by atoms with Crippen LogP contribution < -0.4 is 5.32 Å². The Labute approximate surface area is 140 Å². The molecule has 2 saturated heterocycles. The Morgan fingerprint density at radius 2 is 2.05 bits per heavy atom. The summed E-state index contributed by atoms with van der Waals surface area (Å²) in [4.78, 5) is 14.2. The van der Waals surface area contributed by atoms with Gasteiger partial charge in [0.1, 0.15) is 5.75 Å². The number of hydrogen-bond donors (Lipinski definition) is 2. The van der Waals surface area contributed by atoms with Crippen LogP contribution in [0.5, 0.6) is 5.75 Å². The summed E-state index contributed by atoms with van der Waals surface area (Å²) in [5, 5.41) is 14.2. The van der Waals surface area contributed by atoms with Gasteiger partial charge in [-0.3, -0.25) is 4.79 Å². The lowest BCUT2D eigenvalue weighted by atomic mass is 9.96. The van der Waals surface area contributed by atoms with E-state index in [1.807, 2.05) is 4.90 Å². The highest BCUT2D eigenvalue weighted by atomic mass is 35.5. The minimum atomic E-state index is -0.0532. The average molecular weight is 343 g/mol. The molecule has 0 bridgehead atoms. The van der Waals surface area contributed by atoms with Crippen molar-refractivity contribution >= 4 is 29.1 Å². The zero-order valence-electron chi connectivity index (χ0n) is 12.3. The van der Waals surface area contributed by atoms with Gasteiger partial charge in [-0.15, -0.1) is 0 Å². The van der Waals surface area contributed by atoms with Crippen molar-refractivity contribution in [2.45, 2.75) is 31.7 Å². The summed E-state index contributed by atoms with van der Waals surface area (Å²) in [7, 11) is 0. The SMILES string of the molecule is O=C(CC1CNC(c2c(O)ccc(Cl)c2Cl)C1)N1CCCC1. The smallest absolute Gasteiger partial charge is 0.222 e. The number of benzene rings is 1. The summed E-state index contributed by atoms with van der Waals surface area (Å²) in [5.74, 6) is 0.664. The van der Waals surface area contributed by atoms with Gasteiger partial charge in [0.2, 0.25) is 5.91 Å². The van der Waals surface area contributed by atoms with Crippen molar-refractivity contribution in [2.75, 3.05) is 19.6 Å². The molecule has 2 N–H and O–H groups in total. The maximum absolute atomic E-state index is 12.2. The summed E-state index contributed by atoms with van der Waals surface area (Å²) in [6.07, 6.45) is 3.57. The van der Waals surface area contributed by atoms with Crippen LogP contribution in [0.15, 0.2) is 12.1 Å². The average Bonchev–Trinajstić information content (AvgIpc) is 3.15. The molecule has 3 rings (SSSR count). The third-order valence-corrected chi connectivity index (χ3v) is 5.42. The van der Waals surface area contributed by atoms with E-state index in [2.05, 4.69) is 5.32 Å². The van der Waals surface area contributed by atoms with Gasteiger partial charge in [0, 0.05) is 31.1 Å². The first-order valence-corrected chi connectivity index (χ1v) is 8.50. The molecule has 4 nitrogen and oxygen atoms in total. The van der Waals surface area contributed by atoms with Gasteiger partial charge in [0.05, 0.1) is 10.0 Å². The van der Waals surface area contributed by atoms with E-state index in [-0.39, 0.29) is 23.6 Å². The molecule has 2 fully saturated rings. The van der Waals surface area contributed by atoms with Crippen molar-refractivity contribution in [3.63, 3.8) is 0 Å². The summed E-state index contributed by atoms with van der Waals surface area (Å²) in [6.45, 7) is 2.54. The summed E-state index contributed by atoms with van der Waals surface area (Å²) < 4.78 is 0. The number of carbonyl (C=O) groups excluding carboxylic acids is 1. The summed E-state index contributed by atoms with van der Waals surface area (Å²) in [5.41, 5.74) is 0.644. The van der Waals surface area contributed by atoms with E-state index in [9.17, 15) is 9.90 Å². The minimum absolute atomic E-state index is 0.0532. The largest absolute Gasteiger partial charge is 0.508 e. The summed E-state index contributed by atoms with van der Waals surface area (Å²) in [6, 6.07) is 3.10. The van der Waals surface area contributed by atoms with E-state index < -0.39 is 0 Å². The van der Waals surface area contributed by atoms with Gasteiger partial charge >= 0.3 is 0 Å². The molecule has 120 valence electrons. The molecule has 1 amide bonds. The maximum atomic E-state index is 12.2. The van der Waals surface area contributed by atoms with E-state index in [4.69, 9.17) is 23.2 Å². The number of phenols is 1. The second-order valence-corrected chi connectivity index (χ2v) is 6.93. The molecule has 0 radical (unpaired) electrons. The molecule has 22 heavy (non-hydrogen) atoms. The van der Waals surface area contributed by atoms with Crippen molar-refractivity contribution in [3.05, 3.63) is 27.7 Å². The first kappa shape index (κ1) is 15.9. The standard InChI is InChI=1S/C16H20Cl2N2O2/c17-11-3-4-13(21)15(16(11)18)12-7-10(9-19-12)8-14(22)20-5-1-2-6-20/h3-4,10,12,19,21H,1-2,5-9H2. The Morgan fingerprint density at radius 1 is 1.32 bits per heavy atom. The lowest BCUT2D eigenvalue weighted by molar-refractivity contribution is -0.131. The van der Waals surface area contributed by atoms with Crippen LogP contribution in [0.25, 0.3) is 0 Å². The van der Waals surface area contributed by atoms with Crippen LogP contribution in [0.1, 0.15) is 37.3 Å². The highest BCUT2D eigenvalue weighted by Crippen LogP contribution is 2.41. The van der Waals surface area contributed by atoms with E-state index in [1.54, 1.807) is 12.1 Å². The number of nitrogens with one attached hydrogen (secondary N) is 1. The first-order chi connectivity index (χ1) is 10.6. The second-order valence-electron chi connectivity index (χ2n) is 6.15. The molecule has 1 aromatic carbocycles. The van der Waals surface area contributed by atoms with Crippen LogP contribution in [-0.4, -0.2) is 35.5 Å². The Balaban J connectivity index is 1.65. The van der Waals surface area contributed by atoms with E-state index in [0.717, 1.165) is 38.9 Å². The maximum Gasteiger partial charge on any atom is 0.222 e. The number of likely N-dealkylation sites (tertiary alicyclic amines) is 1. The topological polar surface area (TPSA) is 52.6 Å². The Morgan fingerprint density at radius 3 is 2.77 bits per heavy atom. The lowest BCUT2D eigenvalue weighted by Gasteiger charge is -2.18. The second kappa shape index (κ2) is 6.65. The normalized spacial score (nSPS) is 24.9. The van der Waals surface area contributed by atoms with Gasteiger partial charge < -0.3 is 15.3 Å². The van der Waals surface area contributed by atoms with Crippen LogP contribution in [-0.2, 0) is 4.79 Å². The van der Waals surface area contributed by atoms with Crippen molar-refractivity contribution in [1.29, 1.82) is 0 Å². The Kier molecular flexibility index (Phi) is 4.81. The third kappa shape index (κ3) is 3.19. The molecule has 2 atom stereocenters. The quantitative estimate of drug-likeness (QED) is 0.885. The number of hydrogen-bond acceptors (Lipinski definition) is 3. The number of rotatable bonds is 3. The zero-order chi connectivity index (χ0) is 15.7. The van der Waals surface area contributed by atoms with E-state index in [1.165, 1.54) is 0 Å². The number of phenolic OH excluding ortho intramolecular Hbond substituents is 1. The number of halogens is 2. The van der Waals surface area contributed by atoms with E-state index in [0.29, 0.717) is 22.0 Å². The van der Waals surface area contributed by atoms with Crippen molar-refractivity contribution in [3.8, 4) is 5.75 Å². The van der Waals surface area contributed by atoms with E-state index >= 15 is 0 Å². The fourth-order valence-corrected chi connectivity index (χ4v) is 3.87. The van der Waals surface area contributed by atoms with Crippen molar-refractivity contribution in [1.82, 2.24) is 10.2 Å². The molecule has 1 aromatic rings. The van der Waals surface area contributed by atoms with Gasteiger partial charge in [0.15, 0.2) is 0 Å². The van der Waals surface area contributed by atoms with Gasteiger partial charge in [-0.25, -0.2) is 0 Å². The Hall–Kier alpha value is -0.970. The first-order valence-electron chi connectivity index (χ1n) is 7.74. The van der Waals surface area contributed by atoms with Crippen molar-refractivity contribution in [2.24, 2.45) is 5.92 Å². The predicted octanol–water partition coefficient (Wildman–Crippen LogP) is 3.36. The number of nitrogens with zero attached hydrogens (tertiary/aromatic N) is 1. The number of amides is 1. The van der Waals surface area contributed by atoms with Gasteiger partial charge in [-0.2, -0.15) is 0 Å². The van der Waals surface area contributed by atoms with Gasteiger partial charge in [-0.1, -0.05) is 23.2 Å². The summed E-state index contributed by atoms with van der Waals surface area (Å²) >= 11 is 12.3. The van der Waals surface area contributed by atoms with Crippen LogP contribution in [0, 0.1) is 5.92 Å². The third-order valence-electron chi connectivity index (χ3n) is 4.60. The lowest BCUT2D eigenvalue weighted by Crippen LogP contribution is -2.29. The van der Waals surface area contributed by atoms with Crippen molar-refractivity contribution < 1.29 is 9.90 Å². The molecule has 2 heterocycles. The molecule has 2 unspecified atom stereocenters. The molecule has 2 aliphatic rings. The molecular weight excluding hydrogens is 323 g/mol. The van der Waals surface area contributed by atoms with Crippen LogP contribution in [0.2, 0.25) is 10.0 Å². The zero-order valence-corrected chi connectivity index (χ0v) is 13.8. The molecule has 0 spiro atoms. The highest BCUT2D eigenvalue weighted by molar-refractivity contribution is 6.42. The Bertz CT molecular complexity index is 574. The van der Waals surface area contributed by atoms with Gasteiger partial charge in [-0.05, 0) is 43.9 Å². The van der Waals surface area contributed by atoms with Crippen LogP contribution in [0.3, 0.4) is 0 Å². The molecule has 2 aliphatic heterocycles. The fraction of sp³-hybridized carbons (Fsp3) is 0.562. The molecule has 6 heteroatoms. The monoisotopic (exact) mass is 342 g/mol. The molecule has 0 aliphatic carbocycles.